The summed E-state index contributed by atoms with van der Waals surface area (Å²) in [4.78, 5) is 2.33. The maximum Gasteiger partial charge on any atom is 0.0445 e. The van der Waals surface area contributed by atoms with Crippen LogP contribution in [0.1, 0.15) is 19.3 Å². The molecule has 0 aromatic heterocycles. The van der Waals surface area contributed by atoms with Gasteiger partial charge in [-0.3, -0.25) is 0 Å². The molecule has 1 atom stereocenters. The van der Waals surface area contributed by atoms with Crippen LogP contribution in [0.2, 0.25) is 0 Å². The normalized spacial score (nSPS) is 29.3. The lowest BCUT2D eigenvalue weighted by atomic mass is 10.2. The Labute approximate surface area is 56.5 Å². The average molecular weight is 129 g/mol. The first kappa shape index (κ1) is 7.03. The maximum absolute atomic E-state index is 8.62. The molecule has 0 unspecified atom stereocenters. The molecular formula is C7H15NO. The molecule has 1 aliphatic rings. The Morgan fingerprint density at radius 3 is 2.89 bits per heavy atom. The van der Waals surface area contributed by atoms with E-state index in [4.69, 9.17) is 5.11 Å². The quantitative estimate of drug-likeness (QED) is 0.585. The Hall–Kier alpha value is -0.0800. The highest BCUT2D eigenvalue weighted by Gasteiger charge is 2.19. The highest BCUT2D eigenvalue weighted by Crippen LogP contribution is 2.16. The Bertz CT molecular complexity index is 85.0. The number of hydrogen-bond donors (Lipinski definition) is 1. The van der Waals surface area contributed by atoms with Crippen LogP contribution in [-0.4, -0.2) is 36.2 Å². The van der Waals surface area contributed by atoms with Gasteiger partial charge in [-0.25, -0.2) is 0 Å². The Morgan fingerprint density at radius 1 is 1.67 bits per heavy atom. The summed E-state index contributed by atoms with van der Waals surface area (Å²) in [5.74, 6) is 0. The first-order valence-electron chi connectivity index (χ1n) is 3.65. The molecule has 0 spiro atoms. The van der Waals surface area contributed by atoms with Crippen LogP contribution in [0.4, 0.5) is 0 Å². The van der Waals surface area contributed by atoms with Crippen molar-refractivity contribution in [3.8, 4) is 0 Å². The monoisotopic (exact) mass is 129 g/mol. The van der Waals surface area contributed by atoms with Crippen LogP contribution in [0, 0.1) is 0 Å². The lowest BCUT2D eigenvalue weighted by Gasteiger charge is -2.17. The molecule has 0 radical (unpaired) electrons. The standard InChI is InChI=1S/C7H15NO/c1-8-5-2-3-7(8)4-6-9/h7,9H,2-6H2,1H3/t7-/m1/s1. The van der Waals surface area contributed by atoms with E-state index in [1.807, 2.05) is 0 Å². The molecule has 1 heterocycles. The second kappa shape index (κ2) is 3.18. The molecule has 1 fully saturated rings. The molecule has 0 amide bonds. The van der Waals surface area contributed by atoms with Gasteiger partial charge in [0.05, 0.1) is 0 Å². The van der Waals surface area contributed by atoms with Crippen LogP contribution in [0.25, 0.3) is 0 Å². The van der Waals surface area contributed by atoms with Gasteiger partial charge >= 0.3 is 0 Å². The van der Waals surface area contributed by atoms with E-state index in [9.17, 15) is 0 Å². The second-order valence-corrected chi connectivity index (χ2v) is 2.79. The zero-order valence-electron chi connectivity index (χ0n) is 6.01. The van der Waals surface area contributed by atoms with Crippen LogP contribution in [0.5, 0.6) is 0 Å². The summed E-state index contributed by atoms with van der Waals surface area (Å²) >= 11 is 0. The predicted molar refractivity (Wildman–Crippen MR) is 37.4 cm³/mol. The number of aliphatic hydroxyl groups is 1. The van der Waals surface area contributed by atoms with Gasteiger partial charge < -0.3 is 10.0 Å². The van der Waals surface area contributed by atoms with Gasteiger partial charge in [-0.1, -0.05) is 0 Å². The van der Waals surface area contributed by atoms with Crippen LogP contribution >= 0.6 is 0 Å². The summed E-state index contributed by atoms with van der Waals surface area (Å²) in [5, 5.41) is 8.62. The fourth-order valence-electron chi connectivity index (χ4n) is 1.49. The number of nitrogens with zero attached hydrogens (tertiary/aromatic N) is 1. The molecule has 0 aromatic carbocycles. The highest BCUT2D eigenvalue weighted by atomic mass is 16.3. The molecule has 0 aromatic rings. The summed E-state index contributed by atoms with van der Waals surface area (Å²) in [6.07, 6.45) is 3.54. The van der Waals surface area contributed by atoms with Gasteiger partial charge in [0, 0.05) is 12.6 Å². The third-order valence-corrected chi connectivity index (χ3v) is 2.13. The van der Waals surface area contributed by atoms with Crippen molar-refractivity contribution in [1.82, 2.24) is 4.90 Å². The van der Waals surface area contributed by atoms with Gasteiger partial charge in [-0.05, 0) is 32.9 Å². The van der Waals surface area contributed by atoms with Crippen molar-refractivity contribution in [2.75, 3.05) is 20.2 Å². The molecule has 0 saturated carbocycles. The number of aliphatic hydroxyl groups excluding tert-OH is 1. The topological polar surface area (TPSA) is 23.5 Å². The van der Waals surface area contributed by atoms with Gasteiger partial charge in [0.25, 0.3) is 0 Å². The van der Waals surface area contributed by atoms with Crippen molar-refractivity contribution in [3.05, 3.63) is 0 Å². The van der Waals surface area contributed by atoms with E-state index in [1.165, 1.54) is 19.4 Å². The van der Waals surface area contributed by atoms with Gasteiger partial charge in [0.15, 0.2) is 0 Å². The van der Waals surface area contributed by atoms with Crippen LogP contribution in [0.15, 0.2) is 0 Å². The molecule has 1 rings (SSSR count). The largest absolute Gasteiger partial charge is 0.396 e. The summed E-state index contributed by atoms with van der Waals surface area (Å²) in [5.41, 5.74) is 0. The zero-order valence-corrected chi connectivity index (χ0v) is 6.01. The molecule has 0 bridgehead atoms. The number of rotatable bonds is 2. The molecule has 2 heteroatoms. The van der Waals surface area contributed by atoms with E-state index in [2.05, 4.69) is 11.9 Å². The summed E-state index contributed by atoms with van der Waals surface area (Å²) in [7, 11) is 2.13. The van der Waals surface area contributed by atoms with Gasteiger partial charge in [0.2, 0.25) is 0 Å². The van der Waals surface area contributed by atoms with Gasteiger partial charge in [-0.15, -0.1) is 0 Å². The van der Waals surface area contributed by atoms with Crippen LogP contribution < -0.4 is 0 Å². The maximum atomic E-state index is 8.62. The Kier molecular flexibility index (Phi) is 2.49. The van der Waals surface area contributed by atoms with Crippen molar-refractivity contribution >= 4 is 0 Å². The Morgan fingerprint density at radius 2 is 2.44 bits per heavy atom. The predicted octanol–water partition coefficient (Wildman–Crippen LogP) is 0.463. The number of likely N-dealkylation sites (tertiary alicyclic amines) is 1. The molecule has 2 nitrogen and oxygen atoms in total. The smallest absolute Gasteiger partial charge is 0.0445 e. The molecule has 1 N–H and O–H groups in total. The first-order valence-corrected chi connectivity index (χ1v) is 3.65. The average Bonchev–Trinajstić information content (AvgIpc) is 2.18. The molecule has 54 valence electrons. The molecule has 1 saturated heterocycles. The van der Waals surface area contributed by atoms with Crippen molar-refractivity contribution in [3.63, 3.8) is 0 Å². The third-order valence-electron chi connectivity index (χ3n) is 2.13. The van der Waals surface area contributed by atoms with E-state index < -0.39 is 0 Å². The lowest BCUT2D eigenvalue weighted by Crippen LogP contribution is -2.25. The van der Waals surface area contributed by atoms with E-state index in [1.54, 1.807) is 0 Å². The van der Waals surface area contributed by atoms with Crippen LogP contribution in [0.3, 0.4) is 0 Å². The minimum atomic E-state index is 0.342. The zero-order chi connectivity index (χ0) is 6.69. The summed E-state index contributed by atoms with van der Waals surface area (Å²) in [6.45, 7) is 1.56. The van der Waals surface area contributed by atoms with E-state index in [0.29, 0.717) is 12.6 Å². The van der Waals surface area contributed by atoms with Gasteiger partial charge in [0.1, 0.15) is 0 Å². The summed E-state index contributed by atoms with van der Waals surface area (Å²) in [6, 6.07) is 0.662. The highest BCUT2D eigenvalue weighted by molar-refractivity contribution is 4.75. The minimum Gasteiger partial charge on any atom is -0.396 e. The van der Waals surface area contributed by atoms with Gasteiger partial charge in [-0.2, -0.15) is 0 Å². The molecular weight excluding hydrogens is 114 g/mol. The van der Waals surface area contributed by atoms with Crippen LogP contribution in [-0.2, 0) is 0 Å². The minimum absolute atomic E-state index is 0.342. The third kappa shape index (κ3) is 1.66. The fourth-order valence-corrected chi connectivity index (χ4v) is 1.49. The fraction of sp³-hybridized carbons (Fsp3) is 1.00. The van der Waals surface area contributed by atoms with Crippen molar-refractivity contribution in [2.45, 2.75) is 25.3 Å². The molecule has 1 aliphatic heterocycles. The van der Waals surface area contributed by atoms with Crippen molar-refractivity contribution < 1.29 is 5.11 Å². The Balaban J connectivity index is 2.22. The SMILES string of the molecule is CN1CCC[C@@H]1CCO. The van der Waals surface area contributed by atoms with E-state index in [-0.39, 0.29) is 0 Å². The second-order valence-electron chi connectivity index (χ2n) is 2.79. The first-order chi connectivity index (χ1) is 4.34. The van der Waals surface area contributed by atoms with Crippen molar-refractivity contribution in [1.29, 1.82) is 0 Å². The lowest BCUT2D eigenvalue weighted by molar-refractivity contribution is 0.220. The molecule has 0 aliphatic carbocycles. The van der Waals surface area contributed by atoms with Crippen molar-refractivity contribution in [2.24, 2.45) is 0 Å². The molecule has 9 heavy (non-hydrogen) atoms. The summed E-state index contributed by atoms with van der Waals surface area (Å²) < 4.78 is 0. The van der Waals surface area contributed by atoms with E-state index >= 15 is 0 Å². The van der Waals surface area contributed by atoms with E-state index in [0.717, 1.165) is 6.42 Å². The number of hydrogen-bond acceptors (Lipinski definition) is 2.